The summed E-state index contributed by atoms with van der Waals surface area (Å²) in [5, 5.41) is 0.587. The number of rotatable bonds is 14. The first-order valence-corrected chi connectivity index (χ1v) is 13.4. The van der Waals surface area contributed by atoms with Gasteiger partial charge in [0.1, 0.15) is 5.82 Å². The summed E-state index contributed by atoms with van der Waals surface area (Å²) in [5.41, 5.74) is 1.61. The second-order valence-corrected chi connectivity index (χ2v) is 9.32. The number of fused-ring (bicyclic) bond motifs is 1. The molecule has 0 radical (unpaired) electrons. The van der Waals surface area contributed by atoms with Crippen molar-refractivity contribution in [2.45, 2.75) is 77.8 Å². The average Bonchev–Trinajstić information content (AvgIpc) is 2.91. The molecule has 0 aliphatic carbocycles. The highest BCUT2D eigenvalue weighted by atomic mass is 16.5. The highest BCUT2D eigenvalue weighted by Crippen LogP contribution is 2.30. The minimum Gasteiger partial charge on any atom is -0.383 e. The first kappa shape index (κ1) is 27.6. The molecule has 0 spiro atoms. The van der Waals surface area contributed by atoms with Gasteiger partial charge >= 0.3 is 0 Å². The second kappa shape index (κ2) is 13.9. The molecule has 2 atom stereocenters. The lowest BCUT2D eigenvalue weighted by Crippen LogP contribution is -2.42. The lowest BCUT2D eigenvalue weighted by atomic mass is 9.93. The summed E-state index contributed by atoms with van der Waals surface area (Å²) in [6.45, 7) is 7.76. The first-order valence-electron chi connectivity index (χ1n) is 13.4. The van der Waals surface area contributed by atoms with Crippen LogP contribution in [-0.2, 0) is 16.1 Å². The molecule has 0 fully saturated rings. The molecule has 6 nitrogen and oxygen atoms in total. The molecular formula is C30H41N3O3. The summed E-state index contributed by atoms with van der Waals surface area (Å²) >= 11 is 0. The van der Waals surface area contributed by atoms with Gasteiger partial charge in [-0.2, -0.15) is 0 Å². The van der Waals surface area contributed by atoms with Crippen molar-refractivity contribution in [3.05, 3.63) is 76.3 Å². The maximum Gasteiger partial charge on any atom is 0.261 e. The molecule has 3 rings (SSSR count). The Kier molecular flexibility index (Phi) is 10.7. The van der Waals surface area contributed by atoms with Crippen LogP contribution >= 0.6 is 0 Å². The fourth-order valence-electron chi connectivity index (χ4n) is 4.95. The van der Waals surface area contributed by atoms with Gasteiger partial charge in [0, 0.05) is 13.7 Å². The topological polar surface area (TPSA) is 64.4 Å². The zero-order valence-corrected chi connectivity index (χ0v) is 22.3. The molecule has 1 amide bonds. The van der Waals surface area contributed by atoms with E-state index < -0.39 is 0 Å². The molecule has 2 aromatic carbocycles. The first-order chi connectivity index (χ1) is 17.6. The minimum atomic E-state index is -0.300. The van der Waals surface area contributed by atoms with Crippen molar-refractivity contribution >= 4 is 16.8 Å². The molecule has 0 N–H and O–H groups in total. The number of nitrogens with zero attached hydrogens (tertiary/aromatic N) is 3. The van der Waals surface area contributed by atoms with Crippen molar-refractivity contribution in [2.24, 2.45) is 0 Å². The lowest BCUT2D eigenvalue weighted by Gasteiger charge is -2.35. The Morgan fingerprint density at radius 1 is 0.972 bits per heavy atom. The van der Waals surface area contributed by atoms with Gasteiger partial charge in [-0.3, -0.25) is 14.2 Å². The Hall–Kier alpha value is -2.99. The zero-order valence-electron chi connectivity index (χ0n) is 22.3. The quantitative estimate of drug-likeness (QED) is 0.256. The number of amides is 1. The number of ether oxygens (including phenoxy) is 1. The molecule has 6 heteroatoms. The van der Waals surface area contributed by atoms with Crippen LogP contribution in [0.2, 0.25) is 0 Å². The third-order valence-corrected chi connectivity index (χ3v) is 6.92. The van der Waals surface area contributed by atoms with Gasteiger partial charge in [-0.1, -0.05) is 82.5 Å². The maximum absolute atomic E-state index is 14.2. The van der Waals surface area contributed by atoms with E-state index in [9.17, 15) is 9.59 Å². The Morgan fingerprint density at radius 2 is 1.69 bits per heavy atom. The molecule has 3 aromatic rings. The van der Waals surface area contributed by atoms with E-state index in [-0.39, 0.29) is 23.4 Å². The Labute approximate surface area is 215 Å². The van der Waals surface area contributed by atoms with Crippen molar-refractivity contribution < 1.29 is 9.53 Å². The highest BCUT2D eigenvalue weighted by molar-refractivity contribution is 5.84. The molecule has 194 valence electrons. The number of carbonyl (C=O) groups is 1. The highest BCUT2D eigenvalue weighted by Gasteiger charge is 2.32. The molecular weight excluding hydrogens is 450 g/mol. The predicted octanol–water partition coefficient (Wildman–Crippen LogP) is 6.10. The van der Waals surface area contributed by atoms with E-state index in [0.717, 1.165) is 31.2 Å². The normalized spacial score (nSPS) is 13.0. The van der Waals surface area contributed by atoms with Crippen LogP contribution in [-0.4, -0.2) is 40.6 Å². The smallest absolute Gasteiger partial charge is 0.261 e. The Bertz CT molecular complexity index is 1160. The number of para-hydroxylation sites is 1. The van der Waals surface area contributed by atoms with Gasteiger partial charge in [-0.05, 0) is 37.0 Å². The van der Waals surface area contributed by atoms with E-state index in [1.807, 2.05) is 59.5 Å². The van der Waals surface area contributed by atoms with Gasteiger partial charge in [0.25, 0.3) is 5.56 Å². The van der Waals surface area contributed by atoms with Crippen molar-refractivity contribution in [3.8, 4) is 0 Å². The van der Waals surface area contributed by atoms with Gasteiger partial charge in [-0.15, -0.1) is 0 Å². The van der Waals surface area contributed by atoms with Gasteiger partial charge in [-0.25, -0.2) is 4.98 Å². The third-order valence-electron chi connectivity index (χ3n) is 6.92. The van der Waals surface area contributed by atoms with E-state index in [0.29, 0.717) is 49.3 Å². The fourth-order valence-corrected chi connectivity index (χ4v) is 4.95. The zero-order chi connectivity index (χ0) is 25.9. The Balaban J connectivity index is 2.10. The molecule has 36 heavy (non-hydrogen) atoms. The van der Waals surface area contributed by atoms with Gasteiger partial charge < -0.3 is 9.64 Å². The minimum absolute atomic E-state index is 0.0837. The summed E-state index contributed by atoms with van der Waals surface area (Å²) < 4.78 is 7.04. The van der Waals surface area contributed by atoms with E-state index in [4.69, 9.17) is 9.72 Å². The lowest BCUT2D eigenvalue weighted by molar-refractivity contribution is -0.136. The summed E-state index contributed by atoms with van der Waals surface area (Å²) in [6.07, 6.45) is 5.66. The second-order valence-electron chi connectivity index (χ2n) is 9.32. The molecule has 1 heterocycles. The van der Waals surface area contributed by atoms with Crippen LogP contribution < -0.4 is 5.56 Å². The predicted molar refractivity (Wildman–Crippen MR) is 146 cm³/mol. The molecule has 0 aliphatic rings. The monoisotopic (exact) mass is 491 g/mol. The number of hydrogen-bond acceptors (Lipinski definition) is 4. The molecule has 0 saturated heterocycles. The summed E-state index contributed by atoms with van der Waals surface area (Å²) in [4.78, 5) is 34.7. The molecule has 0 aliphatic heterocycles. The number of hydrogen-bond donors (Lipinski definition) is 0. The van der Waals surface area contributed by atoms with E-state index in [1.54, 1.807) is 11.7 Å². The summed E-state index contributed by atoms with van der Waals surface area (Å²) in [6, 6.07) is 17.2. The fraction of sp³-hybridized carbons (Fsp3) is 0.500. The molecule has 0 saturated carbocycles. The summed E-state index contributed by atoms with van der Waals surface area (Å²) in [5.74, 6) is 0.517. The van der Waals surface area contributed by atoms with Crippen LogP contribution in [0.4, 0.5) is 0 Å². The van der Waals surface area contributed by atoms with Crippen LogP contribution in [0.1, 0.15) is 82.6 Å². The van der Waals surface area contributed by atoms with E-state index >= 15 is 0 Å². The van der Waals surface area contributed by atoms with Gasteiger partial charge in [0.15, 0.2) is 0 Å². The van der Waals surface area contributed by atoms with Crippen LogP contribution in [0.5, 0.6) is 0 Å². The number of unbranched alkanes of at least 4 members (excludes halogenated alkanes) is 3. The van der Waals surface area contributed by atoms with Crippen LogP contribution in [0.25, 0.3) is 10.9 Å². The number of carbonyl (C=O) groups excluding carboxylic acids is 1. The Morgan fingerprint density at radius 3 is 2.36 bits per heavy atom. The van der Waals surface area contributed by atoms with Gasteiger partial charge in [0.2, 0.25) is 5.91 Å². The van der Waals surface area contributed by atoms with Crippen molar-refractivity contribution in [2.75, 3.05) is 20.3 Å². The average molecular weight is 492 g/mol. The largest absolute Gasteiger partial charge is 0.383 e. The van der Waals surface area contributed by atoms with Crippen LogP contribution in [0, 0.1) is 0 Å². The van der Waals surface area contributed by atoms with Crippen LogP contribution in [0.3, 0.4) is 0 Å². The maximum atomic E-state index is 14.2. The molecule has 1 aromatic heterocycles. The van der Waals surface area contributed by atoms with Gasteiger partial charge in [0.05, 0.1) is 36.0 Å². The van der Waals surface area contributed by atoms with Crippen molar-refractivity contribution in [3.63, 3.8) is 0 Å². The SMILES string of the molecule is CCCCCCN(C(=O)C(CC)c1ccccc1)C(CC)c1nc2ccccc2c(=O)n1CCOC. The number of aromatic nitrogens is 2. The molecule has 2 unspecified atom stereocenters. The van der Waals surface area contributed by atoms with E-state index in [2.05, 4.69) is 20.8 Å². The van der Waals surface area contributed by atoms with E-state index in [1.165, 1.54) is 0 Å². The number of benzene rings is 2. The third kappa shape index (κ3) is 6.41. The number of methoxy groups -OCH3 is 1. The van der Waals surface area contributed by atoms with Crippen LogP contribution in [0.15, 0.2) is 59.4 Å². The van der Waals surface area contributed by atoms with Crippen molar-refractivity contribution in [1.82, 2.24) is 14.5 Å². The standard InChI is InChI=1S/C30H41N3O3/c1-5-8-9-15-20-32(29(34)24(6-2)23-16-11-10-12-17-23)27(7-3)28-31-26-19-14-13-18-25(26)30(35)33(28)21-22-36-4/h10-14,16-19,24,27H,5-9,15,20-22H2,1-4H3. The molecule has 0 bridgehead atoms. The summed E-state index contributed by atoms with van der Waals surface area (Å²) in [7, 11) is 1.63. The van der Waals surface area contributed by atoms with Crippen molar-refractivity contribution in [1.29, 1.82) is 0 Å².